The number of piperazine rings is 1. The molecule has 2 heterocycles. The maximum Gasteiger partial charge on any atom is 0.124 e. The van der Waals surface area contributed by atoms with Crippen molar-refractivity contribution in [2.75, 3.05) is 18.0 Å². The molecule has 2 atom stereocenters. The molecule has 1 N–H and O–H groups in total. The molecule has 18 heavy (non-hydrogen) atoms. The van der Waals surface area contributed by atoms with Gasteiger partial charge in [0.2, 0.25) is 0 Å². The molecule has 1 fully saturated rings. The second kappa shape index (κ2) is 4.52. The third-order valence-corrected chi connectivity index (χ3v) is 4.35. The molecule has 0 amide bonds. The largest absolute Gasteiger partial charge is 0.367 e. The van der Waals surface area contributed by atoms with E-state index in [0.717, 1.165) is 17.8 Å². The first-order chi connectivity index (χ1) is 8.63. The van der Waals surface area contributed by atoms with Crippen LogP contribution in [0.5, 0.6) is 0 Å². The molecule has 1 aliphatic heterocycles. The normalized spacial score (nSPS) is 24.7. The Bertz CT molecular complexity index is 556. The van der Waals surface area contributed by atoms with Crippen molar-refractivity contribution in [2.45, 2.75) is 25.9 Å². The van der Waals surface area contributed by atoms with Gasteiger partial charge in [-0.25, -0.2) is 4.39 Å². The molecule has 1 aromatic carbocycles. The second-order valence-corrected chi connectivity index (χ2v) is 6.05. The smallest absolute Gasteiger partial charge is 0.124 e. The molecule has 4 heteroatoms. The van der Waals surface area contributed by atoms with Gasteiger partial charge in [0.05, 0.1) is 5.69 Å². The highest BCUT2D eigenvalue weighted by Gasteiger charge is 2.22. The Morgan fingerprint density at radius 3 is 2.72 bits per heavy atom. The maximum atomic E-state index is 13.2. The number of anilines is 1. The summed E-state index contributed by atoms with van der Waals surface area (Å²) in [6.45, 7) is 6.43. The highest BCUT2D eigenvalue weighted by molar-refractivity contribution is 7.17. The third-order valence-electron chi connectivity index (χ3n) is 3.42. The van der Waals surface area contributed by atoms with Crippen molar-refractivity contribution >= 4 is 27.1 Å². The van der Waals surface area contributed by atoms with Gasteiger partial charge < -0.3 is 10.2 Å². The summed E-state index contributed by atoms with van der Waals surface area (Å²) in [6.07, 6.45) is 0. The first-order valence-electron chi connectivity index (χ1n) is 6.31. The molecule has 1 aromatic heterocycles. The summed E-state index contributed by atoms with van der Waals surface area (Å²) in [4.78, 5) is 2.41. The Morgan fingerprint density at radius 1 is 1.28 bits per heavy atom. The zero-order chi connectivity index (χ0) is 12.7. The minimum Gasteiger partial charge on any atom is -0.367 e. The molecular formula is C14H17FN2S. The molecule has 1 aliphatic rings. The lowest BCUT2D eigenvalue weighted by Gasteiger charge is -2.37. The predicted octanol–water partition coefficient (Wildman–Crippen LogP) is 3.23. The number of thiophene rings is 1. The fraction of sp³-hybridized carbons (Fsp3) is 0.429. The first-order valence-corrected chi connectivity index (χ1v) is 7.19. The van der Waals surface area contributed by atoms with Gasteiger partial charge >= 0.3 is 0 Å². The van der Waals surface area contributed by atoms with Crippen LogP contribution in [0, 0.1) is 5.82 Å². The lowest BCUT2D eigenvalue weighted by atomic mass is 10.1. The van der Waals surface area contributed by atoms with Crippen molar-refractivity contribution in [3.05, 3.63) is 29.4 Å². The van der Waals surface area contributed by atoms with Crippen molar-refractivity contribution < 1.29 is 4.39 Å². The molecule has 0 unspecified atom stereocenters. The molecule has 96 valence electrons. The first kappa shape index (κ1) is 11.9. The molecular weight excluding hydrogens is 247 g/mol. The van der Waals surface area contributed by atoms with E-state index in [4.69, 9.17) is 0 Å². The lowest BCUT2D eigenvalue weighted by molar-refractivity contribution is 0.407. The highest BCUT2D eigenvalue weighted by Crippen LogP contribution is 2.34. The van der Waals surface area contributed by atoms with E-state index < -0.39 is 0 Å². The Hall–Kier alpha value is -1.13. The molecule has 0 spiro atoms. The average Bonchev–Trinajstić information content (AvgIpc) is 2.70. The summed E-state index contributed by atoms with van der Waals surface area (Å²) in [7, 11) is 0. The van der Waals surface area contributed by atoms with Crippen LogP contribution in [0.15, 0.2) is 23.6 Å². The van der Waals surface area contributed by atoms with Crippen molar-refractivity contribution in [2.24, 2.45) is 0 Å². The van der Waals surface area contributed by atoms with Gasteiger partial charge in [0.25, 0.3) is 0 Å². The van der Waals surface area contributed by atoms with E-state index in [0.29, 0.717) is 12.1 Å². The number of nitrogens with one attached hydrogen (secondary N) is 1. The van der Waals surface area contributed by atoms with Gasteiger partial charge in [0.15, 0.2) is 0 Å². The lowest BCUT2D eigenvalue weighted by Crippen LogP contribution is -2.54. The highest BCUT2D eigenvalue weighted by atomic mass is 32.1. The third kappa shape index (κ3) is 2.10. The van der Waals surface area contributed by atoms with Crippen molar-refractivity contribution in [1.29, 1.82) is 0 Å². The van der Waals surface area contributed by atoms with Crippen LogP contribution in [0.4, 0.5) is 10.1 Å². The van der Waals surface area contributed by atoms with Crippen molar-refractivity contribution in [3.63, 3.8) is 0 Å². The summed E-state index contributed by atoms with van der Waals surface area (Å²) in [5, 5.41) is 6.85. The maximum absolute atomic E-state index is 13.2. The van der Waals surface area contributed by atoms with E-state index >= 15 is 0 Å². The van der Waals surface area contributed by atoms with Gasteiger partial charge in [-0.15, -0.1) is 11.3 Å². The summed E-state index contributed by atoms with van der Waals surface area (Å²) in [5.41, 5.74) is 1.25. The van der Waals surface area contributed by atoms with Crippen LogP contribution >= 0.6 is 11.3 Å². The zero-order valence-corrected chi connectivity index (χ0v) is 11.4. The van der Waals surface area contributed by atoms with E-state index in [1.807, 2.05) is 6.07 Å². The molecule has 0 radical (unpaired) electrons. The molecule has 3 rings (SSSR count). The Labute approximate surface area is 110 Å². The van der Waals surface area contributed by atoms with E-state index in [9.17, 15) is 4.39 Å². The topological polar surface area (TPSA) is 15.3 Å². The minimum absolute atomic E-state index is 0.155. The summed E-state index contributed by atoms with van der Waals surface area (Å²) < 4.78 is 14.2. The van der Waals surface area contributed by atoms with Crippen LogP contribution in [-0.4, -0.2) is 25.2 Å². The summed E-state index contributed by atoms with van der Waals surface area (Å²) in [5.74, 6) is -0.155. The van der Waals surface area contributed by atoms with Crippen LogP contribution in [0.2, 0.25) is 0 Å². The number of hydrogen-bond acceptors (Lipinski definition) is 3. The van der Waals surface area contributed by atoms with E-state index in [1.54, 1.807) is 23.5 Å². The van der Waals surface area contributed by atoms with Crippen LogP contribution in [0.1, 0.15) is 13.8 Å². The summed E-state index contributed by atoms with van der Waals surface area (Å²) >= 11 is 1.62. The predicted molar refractivity (Wildman–Crippen MR) is 76.1 cm³/mol. The molecule has 0 aliphatic carbocycles. The van der Waals surface area contributed by atoms with Gasteiger partial charge in [0, 0.05) is 40.6 Å². The van der Waals surface area contributed by atoms with Gasteiger partial charge in [-0.2, -0.15) is 0 Å². The average molecular weight is 264 g/mol. The van der Waals surface area contributed by atoms with Gasteiger partial charge in [-0.1, -0.05) is 0 Å². The number of nitrogens with zero attached hydrogens (tertiary/aromatic N) is 1. The van der Waals surface area contributed by atoms with E-state index in [2.05, 4.69) is 29.4 Å². The number of fused-ring (bicyclic) bond motifs is 1. The Balaban J connectivity index is 1.98. The Kier molecular flexibility index (Phi) is 2.99. The fourth-order valence-corrected chi connectivity index (χ4v) is 3.75. The quantitative estimate of drug-likeness (QED) is 0.850. The molecule has 2 aromatic rings. The van der Waals surface area contributed by atoms with Crippen molar-refractivity contribution in [3.8, 4) is 0 Å². The molecule has 0 saturated carbocycles. The summed E-state index contributed by atoms with van der Waals surface area (Å²) in [6, 6.07) is 6.05. The van der Waals surface area contributed by atoms with Crippen LogP contribution in [0.3, 0.4) is 0 Å². The molecule has 0 bridgehead atoms. The standard InChI is InChI=1S/C14H17FN2S/c1-9-6-17(7-10(2)16-9)13-8-18-14-5-11(15)3-4-12(13)14/h3-5,8-10,16H,6-7H2,1-2H3/t9-,10+. The van der Waals surface area contributed by atoms with Gasteiger partial charge in [-0.3, -0.25) is 0 Å². The monoisotopic (exact) mass is 264 g/mol. The van der Waals surface area contributed by atoms with Gasteiger partial charge in [0.1, 0.15) is 5.82 Å². The number of halogens is 1. The van der Waals surface area contributed by atoms with Crippen LogP contribution < -0.4 is 10.2 Å². The zero-order valence-electron chi connectivity index (χ0n) is 10.6. The van der Waals surface area contributed by atoms with E-state index in [1.165, 1.54) is 11.1 Å². The number of rotatable bonds is 1. The number of benzene rings is 1. The molecule has 1 saturated heterocycles. The fourth-order valence-electron chi connectivity index (χ4n) is 2.76. The van der Waals surface area contributed by atoms with Crippen LogP contribution in [-0.2, 0) is 0 Å². The van der Waals surface area contributed by atoms with E-state index in [-0.39, 0.29) is 5.82 Å². The number of hydrogen-bond donors (Lipinski definition) is 1. The minimum atomic E-state index is -0.155. The SMILES string of the molecule is C[C@@H]1CN(c2csc3cc(F)ccc23)C[C@H](C)N1. The van der Waals surface area contributed by atoms with Gasteiger partial charge in [-0.05, 0) is 32.0 Å². The Morgan fingerprint density at radius 2 is 2.00 bits per heavy atom. The molecule has 2 nitrogen and oxygen atoms in total. The second-order valence-electron chi connectivity index (χ2n) is 5.14. The van der Waals surface area contributed by atoms with Crippen molar-refractivity contribution in [1.82, 2.24) is 5.32 Å². The van der Waals surface area contributed by atoms with Crippen LogP contribution in [0.25, 0.3) is 10.1 Å².